The predicted octanol–water partition coefficient (Wildman–Crippen LogP) is 1.84. The van der Waals surface area contributed by atoms with Crippen LogP contribution in [0, 0.1) is 11.3 Å². The lowest BCUT2D eigenvalue weighted by Gasteiger charge is -1.98. The summed E-state index contributed by atoms with van der Waals surface area (Å²) in [6.45, 7) is 0. The van der Waals surface area contributed by atoms with Gasteiger partial charge < -0.3 is 5.73 Å². The van der Waals surface area contributed by atoms with Crippen molar-refractivity contribution in [1.82, 2.24) is 4.98 Å². The first kappa shape index (κ1) is 8.12. The molecule has 1 rings (SSSR count). The molecular weight excluding hydrogens is 185 g/mol. The quantitative estimate of drug-likeness (QED) is 0.631. The van der Waals surface area contributed by atoms with Crippen molar-refractivity contribution < 1.29 is 0 Å². The van der Waals surface area contributed by atoms with Crippen LogP contribution < -0.4 is 5.73 Å². The fourth-order valence-corrected chi connectivity index (χ4v) is 1.11. The number of rotatable bonds is 0. The molecule has 0 amide bonds. The summed E-state index contributed by atoms with van der Waals surface area (Å²) in [5.74, 6) is 0.0602. The second-order valence-corrected chi connectivity index (χ2v) is 2.59. The number of hydrogen-bond donors (Lipinski definition) is 1. The van der Waals surface area contributed by atoms with Gasteiger partial charge in [0, 0.05) is 0 Å². The van der Waals surface area contributed by atoms with Gasteiger partial charge in [0.25, 0.3) is 0 Å². The molecule has 2 N–H and O–H groups in total. The second-order valence-electron chi connectivity index (χ2n) is 1.80. The number of nitrogen functional groups attached to an aromatic ring is 1. The van der Waals surface area contributed by atoms with Gasteiger partial charge in [-0.2, -0.15) is 5.26 Å². The molecule has 5 heteroatoms. The van der Waals surface area contributed by atoms with E-state index in [1.165, 1.54) is 6.07 Å². The average molecular weight is 188 g/mol. The third kappa shape index (κ3) is 1.53. The number of anilines is 1. The van der Waals surface area contributed by atoms with Crippen molar-refractivity contribution >= 4 is 29.0 Å². The van der Waals surface area contributed by atoms with E-state index in [0.29, 0.717) is 0 Å². The number of pyridine rings is 1. The molecule has 56 valence electrons. The van der Waals surface area contributed by atoms with Gasteiger partial charge >= 0.3 is 0 Å². The van der Waals surface area contributed by atoms with Crippen LogP contribution in [0.4, 0.5) is 5.82 Å². The normalized spacial score (nSPS) is 9.18. The predicted molar refractivity (Wildman–Crippen MR) is 43.4 cm³/mol. The Hall–Kier alpha value is -0.980. The van der Waals surface area contributed by atoms with Crippen LogP contribution >= 0.6 is 23.2 Å². The molecule has 0 bridgehead atoms. The molecule has 0 spiro atoms. The summed E-state index contributed by atoms with van der Waals surface area (Å²) in [6.07, 6.45) is 0. The molecule has 0 aliphatic rings. The molecule has 0 aliphatic carbocycles. The van der Waals surface area contributed by atoms with Crippen LogP contribution in [0.15, 0.2) is 6.07 Å². The third-order valence-electron chi connectivity index (χ3n) is 1.08. The maximum absolute atomic E-state index is 8.49. The highest BCUT2D eigenvalue weighted by molar-refractivity contribution is 6.35. The molecule has 1 aromatic rings. The molecule has 0 aromatic carbocycles. The van der Waals surface area contributed by atoms with E-state index in [2.05, 4.69) is 4.98 Å². The van der Waals surface area contributed by atoms with Crippen LogP contribution in [0.5, 0.6) is 0 Å². The minimum atomic E-state index is 0.0602. The SMILES string of the molecule is N#Cc1c(Cl)cc(Cl)nc1N. The van der Waals surface area contributed by atoms with Gasteiger partial charge in [-0.05, 0) is 6.07 Å². The lowest BCUT2D eigenvalue weighted by atomic mass is 10.3. The molecule has 0 atom stereocenters. The molecule has 1 aromatic heterocycles. The van der Waals surface area contributed by atoms with Crippen LogP contribution in [0.2, 0.25) is 10.2 Å². The van der Waals surface area contributed by atoms with E-state index in [1.54, 1.807) is 0 Å². The Morgan fingerprint density at radius 2 is 2.18 bits per heavy atom. The molecule has 0 unspecified atom stereocenters. The van der Waals surface area contributed by atoms with Gasteiger partial charge in [0.2, 0.25) is 0 Å². The molecular formula is C6H3Cl2N3. The van der Waals surface area contributed by atoms with Crippen LogP contribution in [-0.4, -0.2) is 4.98 Å². The molecule has 0 aliphatic heterocycles. The number of nitrogens with two attached hydrogens (primary N) is 1. The summed E-state index contributed by atoms with van der Waals surface area (Å²) in [7, 11) is 0. The van der Waals surface area contributed by atoms with Gasteiger partial charge in [-0.1, -0.05) is 23.2 Å². The van der Waals surface area contributed by atoms with Crippen molar-refractivity contribution in [2.45, 2.75) is 0 Å². The number of nitriles is 1. The third-order valence-corrected chi connectivity index (χ3v) is 1.57. The molecule has 0 saturated heterocycles. The maximum Gasteiger partial charge on any atom is 0.144 e. The molecule has 11 heavy (non-hydrogen) atoms. The van der Waals surface area contributed by atoms with Gasteiger partial charge in [0.05, 0.1) is 5.02 Å². The summed E-state index contributed by atoms with van der Waals surface area (Å²) >= 11 is 11.1. The molecule has 0 radical (unpaired) electrons. The van der Waals surface area contributed by atoms with Crippen LogP contribution in [0.1, 0.15) is 5.56 Å². The Balaban J connectivity index is 3.40. The van der Waals surface area contributed by atoms with Gasteiger partial charge in [-0.25, -0.2) is 4.98 Å². The van der Waals surface area contributed by atoms with Crippen LogP contribution in [-0.2, 0) is 0 Å². The number of halogens is 2. The monoisotopic (exact) mass is 187 g/mol. The maximum atomic E-state index is 8.49. The van der Waals surface area contributed by atoms with E-state index in [4.69, 9.17) is 34.2 Å². The molecule has 0 fully saturated rings. The summed E-state index contributed by atoms with van der Waals surface area (Å²) in [4.78, 5) is 3.64. The van der Waals surface area contributed by atoms with Gasteiger partial charge in [0.1, 0.15) is 22.6 Å². The molecule has 1 heterocycles. The Morgan fingerprint density at radius 1 is 1.55 bits per heavy atom. The standard InChI is InChI=1S/C6H3Cl2N3/c7-4-1-5(8)11-6(10)3(4)2-9/h1H,(H2,10,11). The first-order valence-electron chi connectivity index (χ1n) is 2.66. The van der Waals surface area contributed by atoms with E-state index >= 15 is 0 Å². The topological polar surface area (TPSA) is 62.7 Å². The fourth-order valence-electron chi connectivity index (χ4n) is 0.613. The Bertz CT molecular complexity index is 306. The Labute approximate surface area is 73.4 Å². The summed E-state index contributed by atoms with van der Waals surface area (Å²) in [5, 5.41) is 8.91. The van der Waals surface area contributed by atoms with Crippen molar-refractivity contribution in [2.75, 3.05) is 5.73 Å². The Kier molecular flexibility index (Phi) is 2.18. The lowest BCUT2D eigenvalue weighted by Crippen LogP contribution is -1.95. The van der Waals surface area contributed by atoms with E-state index in [-0.39, 0.29) is 21.6 Å². The second kappa shape index (κ2) is 2.95. The van der Waals surface area contributed by atoms with Crippen molar-refractivity contribution in [1.29, 1.82) is 5.26 Å². The zero-order valence-electron chi connectivity index (χ0n) is 5.31. The summed E-state index contributed by atoms with van der Waals surface area (Å²) in [5.41, 5.74) is 5.49. The fraction of sp³-hybridized carbons (Fsp3) is 0. The van der Waals surface area contributed by atoms with Crippen LogP contribution in [0.3, 0.4) is 0 Å². The summed E-state index contributed by atoms with van der Waals surface area (Å²) in [6, 6.07) is 3.19. The first-order valence-corrected chi connectivity index (χ1v) is 3.42. The highest BCUT2D eigenvalue weighted by Gasteiger charge is 2.06. The smallest absolute Gasteiger partial charge is 0.144 e. The van der Waals surface area contributed by atoms with Crippen molar-refractivity contribution in [3.05, 3.63) is 21.8 Å². The van der Waals surface area contributed by atoms with Crippen molar-refractivity contribution in [2.24, 2.45) is 0 Å². The van der Waals surface area contributed by atoms with Crippen molar-refractivity contribution in [3.63, 3.8) is 0 Å². The number of hydrogen-bond acceptors (Lipinski definition) is 3. The van der Waals surface area contributed by atoms with Gasteiger partial charge in [0.15, 0.2) is 0 Å². The summed E-state index contributed by atoms with van der Waals surface area (Å²) < 4.78 is 0. The zero-order chi connectivity index (χ0) is 8.43. The van der Waals surface area contributed by atoms with Crippen LogP contribution in [0.25, 0.3) is 0 Å². The van der Waals surface area contributed by atoms with E-state index < -0.39 is 0 Å². The molecule has 3 nitrogen and oxygen atoms in total. The minimum Gasteiger partial charge on any atom is -0.383 e. The highest BCUT2D eigenvalue weighted by atomic mass is 35.5. The lowest BCUT2D eigenvalue weighted by molar-refractivity contribution is 1.31. The highest BCUT2D eigenvalue weighted by Crippen LogP contribution is 2.22. The van der Waals surface area contributed by atoms with Gasteiger partial charge in [-0.15, -0.1) is 0 Å². The van der Waals surface area contributed by atoms with Crippen molar-refractivity contribution in [3.8, 4) is 6.07 Å². The zero-order valence-corrected chi connectivity index (χ0v) is 6.82. The van der Waals surface area contributed by atoms with E-state index in [9.17, 15) is 0 Å². The van der Waals surface area contributed by atoms with Gasteiger partial charge in [-0.3, -0.25) is 0 Å². The largest absolute Gasteiger partial charge is 0.383 e. The Morgan fingerprint density at radius 3 is 2.64 bits per heavy atom. The number of aromatic nitrogens is 1. The van der Waals surface area contributed by atoms with E-state index in [1.807, 2.05) is 6.07 Å². The average Bonchev–Trinajstić information content (AvgIpc) is 1.85. The molecule has 0 saturated carbocycles. The minimum absolute atomic E-state index is 0.0602. The van der Waals surface area contributed by atoms with E-state index in [0.717, 1.165) is 0 Å². The number of nitrogens with zero attached hydrogens (tertiary/aromatic N) is 2. The first-order chi connectivity index (χ1) is 5.15.